The summed E-state index contributed by atoms with van der Waals surface area (Å²) in [5.74, 6) is 1.69. The lowest BCUT2D eigenvalue weighted by Crippen LogP contribution is -2.38. The molecule has 1 fully saturated rings. The number of carbonyl (C=O) groups excluding carboxylic acids is 1. The number of amides is 1. The smallest absolute Gasteiger partial charge is 0.251 e. The van der Waals surface area contributed by atoms with Crippen molar-refractivity contribution < 1.29 is 14.3 Å². The average Bonchev–Trinajstić information content (AvgIpc) is 3.29. The predicted octanol–water partition coefficient (Wildman–Crippen LogP) is 1.69. The molecule has 0 aromatic heterocycles. The van der Waals surface area contributed by atoms with Crippen LogP contribution in [0.5, 0.6) is 11.5 Å². The van der Waals surface area contributed by atoms with Gasteiger partial charge in [0, 0.05) is 18.2 Å². The minimum atomic E-state index is -0.140. The van der Waals surface area contributed by atoms with Gasteiger partial charge in [-0.15, -0.1) is 0 Å². The van der Waals surface area contributed by atoms with E-state index in [1.165, 1.54) is 12.8 Å². The van der Waals surface area contributed by atoms with E-state index in [2.05, 4.69) is 21.2 Å². The van der Waals surface area contributed by atoms with Crippen LogP contribution in [0.15, 0.2) is 16.6 Å². The Morgan fingerprint density at radius 1 is 1.40 bits per heavy atom. The van der Waals surface area contributed by atoms with E-state index in [-0.39, 0.29) is 11.9 Å². The summed E-state index contributed by atoms with van der Waals surface area (Å²) >= 11 is 3.40. The minimum Gasteiger partial charge on any atom is -0.486 e. The monoisotopic (exact) mass is 340 g/mol. The SMILES string of the molecule is NC(CNC(=O)c1cc(Br)c2c(c1)OCCO2)C1CC1. The first-order chi connectivity index (χ1) is 9.65. The zero-order valence-corrected chi connectivity index (χ0v) is 12.6. The molecule has 0 radical (unpaired) electrons. The summed E-state index contributed by atoms with van der Waals surface area (Å²) in [5, 5.41) is 2.87. The van der Waals surface area contributed by atoms with Gasteiger partial charge in [-0.05, 0) is 46.8 Å². The van der Waals surface area contributed by atoms with Gasteiger partial charge in [0.15, 0.2) is 11.5 Å². The summed E-state index contributed by atoms with van der Waals surface area (Å²) in [6, 6.07) is 3.50. The quantitative estimate of drug-likeness (QED) is 0.874. The molecular weight excluding hydrogens is 324 g/mol. The molecule has 0 bridgehead atoms. The Hall–Kier alpha value is -1.27. The fourth-order valence-electron chi connectivity index (χ4n) is 2.25. The van der Waals surface area contributed by atoms with Crippen LogP contribution in [0.4, 0.5) is 0 Å². The summed E-state index contributed by atoms with van der Waals surface area (Å²) in [6.07, 6.45) is 2.35. The summed E-state index contributed by atoms with van der Waals surface area (Å²) in [4.78, 5) is 12.1. The fourth-order valence-corrected chi connectivity index (χ4v) is 2.80. The molecule has 3 rings (SSSR count). The maximum Gasteiger partial charge on any atom is 0.251 e. The number of nitrogens with two attached hydrogens (primary N) is 1. The summed E-state index contributed by atoms with van der Waals surface area (Å²) in [5.41, 5.74) is 6.52. The molecule has 1 saturated carbocycles. The van der Waals surface area contributed by atoms with E-state index in [4.69, 9.17) is 15.2 Å². The third kappa shape index (κ3) is 2.91. The predicted molar refractivity (Wildman–Crippen MR) is 78.2 cm³/mol. The number of rotatable bonds is 4. The van der Waals surface area contributed by atoms with Crippen molar-refractivity contribution in [3.63, 3.8) is 0 Å². The Balaban J connectivity index is 1.69. The second-order valence-electron chi connectivity index (χ2n) is 5.19. The zero-order chi connectivity index (χ0) is 14.1. The van der Waals surface area contributed by atoms with Crippen molar-refractivity contribution >= 4 is 21.8 Å². The normalized spacial score (nSPS) is 18.5. The number of nitrogens with one attached hydrogen (secondary N) is 1. The van der Waals surface area contributed by atoms with Crippen LogP contribution in [0.1, 0.15) is 23.2 Å². The second-order valence-corrected chi connectivity index (χ2v) is 6.05. The van der Waals surface area contributed by atoms with Gasteiger partial charge in [0.25, 0.3) is 5.91 Å². The van der Waals surface area contributed by atoms with E-state index in [1.54, 1.807) is 12.1 Å². The molecule has 3 N–H and O–H groups in total. The first-order valence-electron chi connectivity index (χ1n) is 6.78. The maximum atomic E-state index is 12.1. The Bertz CT molecular complexity index is 531. The van der Waals surface area contributed by atoms with Crippen LogP contribution in [0, 0.1) is 5.92 Å². The van der Waals surface area contributed by atoms with Crippen LogP contribution in [-0.4, -0.2) is 31.7 Å². The van der Waals surface area contributed by atoms with Gasteiger partial charge in [0.05, 0.1) is 4.47 Å². The van der Waals surface area contributed by atoms with Gasteiger partial charge in [0.1, 0.15) is 13.2 Å². The van der Waals surface area contributed by atoms with Crippen molar-refractivity contribution in [1.82, 2.24) is 5.32 Å². The topological polar surface area (TPSA) is 73.6 Å². The van der Waals surface area contributed by atoms with Gasteiger partial charge in [-0.25, -0.2) is 0 Å². The number of hydrogen-bond donors (Lipinski definition) is 2. The third-order valence-electron chi connectivity index (χ3n) is 3.58. The van der Waals surface area contributed by atoms with Crippen molar-refractivity contribution in [2.75, 3.05) is 19.8 Å². The summed E-state index contributed by atoms with van der Waals surface area (Å²) in [6.45, 7) is 1.53. The highest BCUT2D eigenvalue weighted by molar-refractivity contribution is 9.10. The maximum absolute atomic E-state index is 12.1. The average molecular weight is 341 g/mol. The largest absolute Gasteiger partial charge is 0.486 e. The van der Waals surface area contributed by atoms with Gasteiger partial charge >= 0.3 is 0 Å². The molecule has 6 heteroatoms. The Morgan fingerprint density at radius 3 is 2.90 bits per heavy atom. The fraction of sp³-hybridized carbons (Fsp3) is 0.500. The van der Waals surface area contributed by atoms with Crippen molar-refractivity contribution in [3.8, 4) is 11.5 Å². The zero-order valence-electron chi connectivity index (χ0n) is 11.0. The molecule has 20 heavy (non-hydrogen) atoms. The molecule has 1 atom stereocenters. The molecular formula is C14H17BrN2O3. The van der Waals surface area contributed by atoms with Crippen LogP contribution in [-0.2, 0) is 0 Å². The van der Waals surface area contributed by atoms with Gasteiger partial charge in [0.2, 0.25) is 0 Å². The molecule has 1 aromatic rings. The van der Waals surface area contributed by atoms with Gasteiger partial charge < -0.3 is 20.5 Å². The third-order valence-corrected chi connectivity index (χ3v) is 4.17. The first-order valence-corrected chi connectivity index (χ1v) is 7.57. The number of hydrogen-bond acceptors (Lipinski definition) is 4. The summed E-state index contributed by atoms with van der Waals surface area (Å²) < 4.78 is 11.7. The lowest BCUT2D eigenvalue weighted by molar-refractivity contribution is 0.0949. The van der Waals surface area contributed by atoms with Crippen LogP contribution < -0.4 is 20.5 Å². The lowest BCUT2D eigenvalue weighted by atomic mass is 10.1. The molecule has 1 aliphatic heterocycles. The molecule has 0 spiro atoms. The highest BCUT2D eigenvalue weighted by atomic mass is 79.9. The Kier molecular flexibility index (Phi) is 3.85. The highest BCUT2D eigenvalue weighted by Gasteiger charge is 2.28. The van der Waals surface area contributed by atoms with Crippen molar-refractivity contribution in [2.24, 2.45) is 11.7 Å². The Labute approximate surface area is 125 Å². The van der Waals surface area contributed by atoms with Crippen molar-refractivity contribution in [1.29, 1.82) is 0 Å². The molecule has 5 nitrogen and oxygen atoms in total. The van der Waals surface area contributed by atoms with E-state index in [0.717, 1.165) is 4.47 Å². The molecule has 1 unspecified atom stereocenters. The highest BCUT2D eigenvalue weighted by Crippen LogP contribution is 2.38. The van der Waals surface area contributed by atoms with Crippen LogP contribution >= 0.6 is 15.9 Å². The lowest BCUT2D eigenvalue weighted by Gasteiger charge is -2.20. The standard InChI is InChI=1S/C14H17BrN2O3/c15-10-5-9(6-12-13(10)20-4-3-19-12)14(18)17-7-11(16)8-1-2-8/h5-6,8,11H,1-4,7,16H2,(H,17,18). The number of benzene rings is 1. The molecule has 1 amide bonds. The van der Waals surface area contributed by atoms with Crippen LogP contribution in [0.25, 0.3) is 0 Å². The van der Waals surface area contributed by atoms with Gasteiger partial charge in [-0.2, -0.15) is 0 Å². The van der Waals surface area contributed by atoms with E-state index in [1.807, 2.05) is 0 Å². The minimum absolute atomic E-state index is 0.0552. The number of halogens is 1. The van der Waals surface area contributed by atoms with E-state index in [0.29, 0.717) is 42.7 Å². The molecule has 1 aliphatic carbocycles. The van der Waals surface area contributed by atoms with Crippen LogP contribution in [0.3, 0.4) is 0 Å². The van der Waals surface area contributed by atoms with E-state index in [9.17, 15) is 4.79 Å². The molecule has 1 aromatic carbocycles. The van der Waals surface area contributed by atoms with Gasteiger partial charge in [-0.1, -0.05) is 0 Å². The molecule has 108 valence electrons. The second kappa shape index (κ2) is 5.61. The summed E-state index contributed by atoms with van der Waals surface area (Å²) in [7, 11) is 0. The number of ether oxygens (including phenoxy) is 2. The number of fused-ring (bicyclic) bond motifs is 1. The van der Waals surface area contributed by atoms with E-state index < -0.39 is 0 Å². The molecule has 1 heterocycles. The first kappa shape index (κ1) is 13.7. The van der Waals surface area contributed by atoms with Crippen molar-refractivity contribution in [3.05, 3.63) is 22.2 Å². The Morgan fingerprint density at radius 2 is 2.15 bits per heavy atom. The molecule has 2 aliphatic rings. The van der Waals surface area contributed by atoms with E-state index >= 15 is 0 Å². The van der Waals surface area contributed by atoms with Crippen molar-refractivity contribution in [2.45, 2.75) is 18.9 Å². The van der Waals surface area contributed by atoms with Gasteiger partial charge in [-0.3, -0.25) is 4.79 Å². The molecule has 0 saturated heterocycles. The number of carbonyl (C=O) groups is 1. The van der Waals surface area contributed by atoms with Crippen LogP contribution in [0.2, 0.25) is 0 Å².